The Balaban J connectivity index is 0.803. The number of benzene rings is 2. The lowest BCUT2D eigenvalue weighted by molar-refractivity contribution is -0.140. The summed E-state index contributed by atoms with van der Waals surface area (Å²) in [5, 5.41) is 18.0. The van der Waals surface area contributed by atoms with Crippen LogP contribution >= 0.6 is 0 Å². The Labute approximate surface area is 419 Å². The van der Waals surface area contributed by atoms with Crippen LogP contribution in [0, 0.1) is 5.41 Å². The molecule has 4 amide bonds. The van der Waals surface area contributed by atoms with Crippen molar-refractivity contribution in [2.45, 2.75) is 128 Å². The third-order valence-corrected chi connectivity index (χ3v) is 14.2. The van der Waals surface area contributed by atoms with Crippen molar-refractivity contribution in [1.82, 2.24) is 35.4 Å². The zero-order valence-electron chi connectivity index (χ0n) is 42.1. The molecule has 20 heteroatoms. The zero-order chi connectivity index (χ0) is 51.7. The minimum absolute atomic E-state index is 0.00350. The van der Waals surface area contributed by atoms with Crippen LogP contribution in [0.15, 0.2) is 59.5 Å². The second kappa shape index (κ2) is 24.1. The van der Waals surface area contributed by atoms with E-state index in [9.17, 15) is 42.3 Å². The van der Waals surface area contributed by atoms with Gasteiger partial charge in [0.15, 0.2) is 0 Å². The molecule has 0 aliphatic carbocycles. The predicted molar refractivity (Wildman–Crippen MR) is 269 cm³/mol. The van der Waals surface area contributed by atoms with Crippen molar-refractivity contribution in [2.75, 3.05) is 76.2 Å². The van der Waals surface area contributed by atoms with E-state index in [2.05, 4.69) is 41.8 Å². The molecule has 5 heterocycles. The van der Waals surface area contributed by atoms with Gasteiger partial charge in [0.2, 0.25) is 23.3 Å². The van der Waals surface area contributed by atoms with Crippen molar-refractivity contribution in [3.05, 3.63) is 81.8 Å². The van der Waals surface area contributed by atoms with E-state index in [4.69, 9.17) is 10.5 Å². The molecular weight excluding hydrogens is 934 g/mol. The highest BCUT2D eigenvalue weighted by molar-refractivity contribution is 6.07. The van der Waals surface area contributed by atoms with Gasteiger partial charge in [-0.05, 0) is 66.6 Å². The molecular formula is C52H73F3N10O7. The van der Waals surface area contributed by atoms with Gasteiger partial charge >= 0.3 is 6.18 Å². The second-order valence-electron chi connectivity index (χ2n) is 21.0. The number of hydrazine groups is 1. The monoisotopic (exact) mass is 1010 g/mol. The van der Waals surface area contributed by atoms with E-state index >= 15 is 0 Å². The van der Waals surface area contributed by atoms with Crippen LogP contribution in [0.2, 0.25) is 0 Å². The van der Waals surface area contributed by atoms with Gasteiger partial charge in [0, 0.05) is 90.6 Å². The van der Waals surface area contributed by atoms with Gasteiger partial charge < -0.3 is 45.9 Å². The number of pyridine rings is 1. The van der Waals surface area contributed by atoms with E-state index in [1.54, 1.807) is 11.0 Å². The number of carbonyl (C=O) groups excluding carboxylic acids is 4. The summed E-state index contributed by atoms with van der Waals surface area (Å²) >= 11 is 0. The van der Waals surface area contributed by atoms with Crippen molar-refractivity contribution in [3.8, 4) is 11.1 Å². The molecule has 4 aliphatic heterocycles. The van der Waals surface area contributed by atoms with Crippen molar-refractivity contribution in [3.63, 3.8) is 0 Å². The third-order valence-electron chi connectivity index (χ3n) is 14.2. The maximum absolute atomic E-state index is 13.9. The van der Waals surface area contributed by atoms with Gasteiger partial charge in [-0.2, -0.15) is 13.2 Å². The second-order valence-corrected chi connectivity index (χ2v) is 21.0. The molecule has 2 aromatic carbocycles. The van der Waals surface area contributed by atoms with Crippen LogP contribution in [-0.2, 0) is 31.8 Å². The maximum atomic E-state index is 13.9. The number of likely N-dealkylation sites (tertiary alicyclic amines) is 1. The summed E-state index contributed by atoms with van der Waals surface area (Å²) in [4.78, 5) is 75.2. The van der Waals surface area contributed by atoms with Crippen molar-refractivity contribution in [1.29, 1.82) is 0 Å². The van der Waals surface area contributed by atoms with Gasteiger partial charge in [-0.25, -0.2) is 5.01 Å². The van der Waals surface area contributed by atoms with Crippen LogP contribution in [-0.4, -0.2) is 150 Å². The Morgan fingerprint density at radius 1 is 0.847 bits per heavy atom. The first kappa shape index (κ1) is 54.4. The van der Waals surface area contributed by atoms with Crippen molar-refractivity contribution in [2.24, 2.45) is 11.1 Å². The quantitative estimate of drug-likeness (QED) is 0.0660. The number of hydrogen-bond donors (Lipinski definition) is 6. The average molecular weight is 1010 g/mol. The van der Waals surface area contributed by atoms with Crippen LogP contribution in [0.5, 0.6) is 0 Å². The summed E-state index contributed by atoms with van der Waals surface area (Å²) in [5.74, 6) is -1.36. The standard InChI is InChI=1S/C52H73F3N10O7/c1-51(2,3)47(50(71)65-33-37(66)29-42(65)46-48(56)72-46)59-43(67)15-10-8-6-5-7-9-11-16-44(68)60-64-25-21-62(22-26-64)32-34-13-12-14-35(27-34)36-17-18-41(63-23-19-61(4)20-24-63)40(28-36)58-49(70)38-31-57-45(69)30-39(38)52(53,54)55/h12-14,17-18,27-28,30-31,37,42,46-48,66H,5-11,15-16,19-26,29,32-33,56H2,1-4H3,(H,57,69)(H,58,70)(H,59,67)(H,60,68)/t37-,42+,46?,47?,48?/m1/s1. The number of alkyl halides is 3. The first-order valence-corrected chi connectivity index (χ1v) is 25.5. The fraction of sp³-hybridized carbons (Fsp3) is 0.596. The van der Waals surface area contributed by atoms with E-state index in [1.165, 1.54) is 0 Å². The van der Waals surface area contributed by atoms with Crippen LogP contribution in [0.1, 0.15) is 106 Å². The Morgan fingerprint density at radius 2 is 1.49 bits per heavy atom. The van der Waals surface area contributed by atoms with Gasteiger partial charge in [0.25, 0.3) is 5.91 Å². The fourth-order valence-electron chi connectivity index (χ4n) is 9.94. The first-order chi connectivity index (χ1) is 34.2. The van der Waals surface area contributed by atoms with Gasteiger partial charge in [-0.15, -0.1) is 0 Å². The topological polar surface area (TPSA) is 212 Å². The number of aromatic amines is 1. The molecule has 0 bridgehead atoms. The largest absolute Gasteiger partial charge is 0.417 e. The number of epoxide rings is 1. The van der Waals surface area contributed by atoms with Crippen LogP contribution in [0.25, 0.3) is 11.1 Å². The summed E-state index contributed by atoms with van der Waals surface area (Å²) < 4.78 is 47.2. The smallest absolute Gasteiger partial charge is 0.391 e. The predicted octanol–water partition coefficient (Wildman–Crippen LogP) is 4.90. The normalized spacial score (nSPS) is 21.6. The number of β-amino-alcohol motifs (C(OH)–C–C–N with tert-alkyl or cyclic N) is 1. The fourth-order valence-corrected chi connectivity index (χ4v) is 9.94. The number of unbranched alkanes of at least 4 members (excludes halogenated alkanes) is 6. The maximum Gasteiger partial charge on any atom is 0.417 e. The molecule has 7 rings (SSSR count). The van der Waals surface area contributed by atoms with Gasteiger partial charge in [0.05, 0.1) is 34.6 Å². The lowest BCUT2D eigenvalue weighted by atomic mass is 9.85. The number of nitrogens with two attached hydrogens (primary N) is 1. The molecule has 0 radical (unpaired) electrons. The van der Waals surface area contributed by atoms with E-state index in [0.29, 0.717) is 75.8 Å². The molecule has 4 aliphatic rings. The molecule has 3 aromatic rings. The van der Waals surface area contributed by atoms with E-state index in [0.717, 1.165) is 87.6 Å². The van der Waals surface area contributed by atoms with Crippen molar-refractivity contribution >= 4 is 35.0 Å². The number of nitrogens with zero attached hydrogens (tertiary/aromatic N) is 5. The highest BCUT2D eigenvalue weighted by Gasteiger charge is 2.52. The number of piperazine rings is 2. The number of hydrogen-bond acceptors (Lipinski definition) is 12. The number of rotatable bonds is 20. The highest BCUT2D eigenvalue weighted by atomic mass is 19.4. The summed E-state index contributed by atoms with van der Waals surface area (Å²) in [6, 6.07) is 13.0. The molecule has 0 saturated carbocycles. The number of aromatic nitrogens is 1. The number of amides is 4. The summed E-state index contributed by atoms with van der Waals surface area (Å²) in [7, 11) is 2.02. The number of ether oxygens (including phenoxy) is 1. The number of aliphatic hydroxyl groups is 1. The SMILES string of the molecule is CN1CCN(c2ccc(-c3cccc(CN4CCN(NC(=O)CCCCCCCCCC(=O)NC(C(=O)N5C[C@H](O)C[C@H]5C5OC5N)C(C)(C)C)CC4)c3)cc2NC(=O)c2c[nH]c(=O)cc2C(F)(F)F)CC1. The Kier molecular flexibility index (Phi) is 18.2. The molecule has 3 unspecified atom stereocenters. The molecule has 4 fully saturated rings. The Bertz CT molecular complexity index is 2410. The molecule has 17 nitrogen and oxygen atoms in total. The number of anilines is 2. The van der Waals surface area contributed by atoms with Gasteiger partial charge in [-0.3, -0.25) is 34.3 Å². The number of carbonyl (C=O) groups is 4. The Morgan fingerprint density at radius 3 is 2.12 bits per heavy atom. The number of likely N-dealkylation sites (N-methyl/N-ethyl adjacent to an activating group) is 1. The number of H-pyrrole nitrogens is 1. The molecule has 5 atom stereocenters. The molecule has 394 valence electrons. The van der Waals surface area contributed by atoms with Crippen LogP contribution in [0.3, 0.4) is 0 Å². The van der Waals surface area contributed by atoms with E-state index in [-0.39, 0.29) is 36.4 Å². The minimum atomic E-state index is -4.90. The highest BCUT2D eigenvalue weighted by Crippen LogP contribution is 2.37. The number of halogens is 3. The lowest BCUT2D eigenvalue weighted by Gasteiger charge is -2.35. The minimum Gasteiger partial charge on any atom is -0.391 e. The van der Waals surface area contributed by atoms with Crippen molar-refractivity contribution < 1.29 is 42.2 Å². The average Bonchev–Trinajstić information content (AvgIpc) is 3.93. The van der Waals surface area contributed by atoms with Gasteiger partial charge in [-0.1, -0.05) is 77.1 Å². The Hall–Kier alpha value is -5.38. The number of nitrogens with one attached hydrogen (secondary N) is 4. The van der Waals surface area contributed by atoms with E-state index in [1.807, 2.05) is 63.2 Å². The summed E-state index contributed by atoms with van der Waals surface area (Å²) in [6.45, 7) is 12.4. The summed E-state index contributed by atoms with van der Waals surface area (Å²) in [5.41, 5.74) is 9.26. The molecule has 72 heavy (non-hydrogen) atoms. The lowest BCUT2D eigenvalue weighted by Crippen LogP contribution is -2.56. The molecule has 4 saturated heterocycles. The van der Waals surface area contributed by atoms with Crippen LogP contribution < -0.4 is 32.3 Å². The van der Waals surface area contributed by atoms with E-state index < -0.39 is 52.6 Å². The zero-order valence-corrected chi connectivity index (χ0v) is 42.1. The first-order valence-electron chi connectivity index (χ1n) is 25.5. The number of aliphatic hydroxyl groups excluding tert-OH is 1. The van der Waals surface area contributed by atoms with Crippen LogP contribution in [0.4, 0.5) is 24.5 Å². The third kappa shape index (κ3) is 14.9. The molecule has 7 N–H and O–H groups in total. The summed E-state index contributed by atoms with van der Waals surface area (Å²) in [6.07, 6.45) is 2.04. The van der Waals surface area contributed by atoms with Gasteiger partial charge in [0.1, 0.15) is 18.4 Å². The molecule has 0 spiro atoms. The molecule has 1 aromatic heterocycles.